The van der Waals surface area contributed by atoms with Crippen LogP contribution in [-0.2, 0) is 0 Å². The molecule has 1 heterocycles. The summed E-state index contributed by atoms with van der Waals surface area (Å²) in [7, 11) is 0. The summed E-state index contributed by atoms with van der Waals surface area (Å²) in [5, 5.41) is 22.8. The predicted molar refractivity (Wildman–Crippen MR) is 121 cm³/mol. The van der Waals surface area contributed by atoms with Gasteiger partial charge in [-0.05, 0) is 34.0 Å². The lowest BCUT2D eigenvalue weighted by Gasteiger charge is -2.14. The monoisotopic (exact) mass is 401 g/mol. The number of nitro groups is 1. The average Bonchev–Trinajstić information content (AvgIpc) is 3.15. The molecule has 0 N–H and O–H groups in total. The Morgan fingerprint density at radius 2 is 1.29 bits per heavy atom. The molecule has 1 aliphatic rings. The highest BCUT2D eigenvalue weighted by molar-refractivity contribution is 6.18. The van der Waals surface area contributed by atoms with Crippen LogP contribution >= 0.6 is 0 Å². The quantitative estimate of drug-likeness (QED) is 0.250. The fourth-order valence-corrected chi connectivity index (χ4v) is 4.46. The molecule has 0 aliphatic heterocycles. The van der Waals surface area contributed by atoms with Crippen molar-refractivity contribution in [3.05, 3.63) is 101 Å². The Bertz CT molecular complexity index is 1490. The Balaban J connectivity index is 1.71. The van der Waals surface area contributed by atoms with Crippen molar-refractivity contribution < 1.29 is 4.92 Å². The van der Waals surface area contributed by atoms with Gasteiger partial charge in [-0.3, -0.25) is 10.1 Å². The van der Waals surface area contributed by atoms with E-state index in [1.165, 1.54) is 5.39 Å². The van der Waals surface area contributed by atoms with Crippen LogP contribution in [-0.4, -0.2) is 15.1 Å². The first kappa shape index (κ1) is 17.5. The summed E-state index contributed by atoms with van der Waals surface area (Å²) < 4.78 is 0. The summed E-state index contributed by atoms with van der Waals surface area (Å²) in [5.41, 5.74) is 7.65. The Hall–Kier alpha value is -4.38. The summed E-state index contributed by atoms with van der Waals surface area (Å²) in [4.78, 5) is 10.8. The van der Waals surface area contributed by atoms with Gasteiger partial charge in [0, 0.05) is 34.4 Å². The van der Waals surface area contributed by atoms with Crippen LogP contribution in [0.4, 0.5) is 5.69 Å². The molecule has 0 bridgehead atoms. The Morgan fingerprint density at radius 3 is 2.00 bits per heavy atom. The van der Waals surface area contributed by atoms with Crippen LogP contribution < -0.4 is 0 Å². The predicted octanol–water partition coefficient (Wildman–Crippen LogP) is 6.52. The van der Waals surface area contributed by atoms with E-state index in [0.717, 1.165) is 50.2 Å². The van der Waals surface area contributed by atoms with Gasteiger partial charge in [-0.15, -0.1) is 10.2 Å². The van der Waals surface area contributed by atoms with Crippen LogP contribution in [0.3, 0.4) is 0 Å². The summed E-state index contributed by atoms with van der Waals surface area (Å²) >= 11 is 0. The average molecular weight is 401 g/mol. The van der Waals surface area contributed by atoms with Crippen molar-refractivity contribution in [2.75, 3.05) is 0 Å². The molecule has 0 unspecified atom stereocenters. The highest BCUT2D eigenvalue weighted by Crippen LogP contribution is 2.51. The second kappa shape index (κ2) is 6.57. The van der Waals surface area contributed by atoms with E-state index in [0.29, 0.717) is 0 Å². The molecule has 1 aromatic heterocycles. The molecule has 5 heteroatoms. The number of hydrogen-bond acceptors (Lipinski definition) is 4. The van der Waals surface area contributed by atoms with E-state index in [-0.39, 0.29) is 10.6 Å². The van der Waals surface area contributed by atoms with Crippen LogP contribution in [0.25, 0.3) is 55.5 Å². The topological polar surface area (TPSA) is 68.9 Å². The highest BCUT2D eigenvalue weighted by Gasteiger charge is 2.29. The number of hydrogen-bond donors (Lipinski definition) is 0. The Kier molecular flexibility index (Phi) is 3.70. The first-order chi connectivity index (χ1) is 15.2. The van der Waals surface area contributed by atoms with Crippen LogP contribution in [0.2, 0.25) is 0 Å². The zero-order valence-electron chi connectivity index (χ0n) is 16.3. The van der Waals surface area contributed by atoms with Gasteiger partial charge < -0.3 is 0 Å². The van der Waals surface area contributed by atoms with Crippen molar-refractivity contribution in [3.8, 4) is 44.8 Å². The zero-order chi connectivity index (χ0) is 20.9. The third-order valence-corrected chi connectivity index (χ3v) is 5.82. The van der Waals surface area contributed by atoms with Crippen molar-refractivity contribution in [1.82, 2.24) is 10.2 Å². The van der Waals surface area contributed by atoms with Crippen LogP contribution in [0.5, 0.6) is 0 Å². The SMILES string of the molecule is O=[N+]([O-])c1ccc(-c2c(-c3ccccc3)nnc3c2-c2cccc4cccc-3c24)cc1. The van der Waals surface area contributed by atoms with Crippen molar-refractivity contribution in [2.24, 2.45) is 0 Å². The van der Waals surface area contributed by atoms with Gasteiger partial charge in [0.05, 0.1) is 4.92 Å². The van der Waals surface area contributed by atoms with Gasteiger partial charge in [0.15, 0.2) is 0 Å². The van der Waals surface area contributed by atoms with Gasteiger partial charge in [0.25, 0.3) is 5.69 Å². The van der Waals surface area contributed by atoms with Crippen LogP contribution in [0, 0.1) is 10.1 Å². The largest absolute Gasteiger partial charge is 0.269 e. The maximum Gasteiger partial charge on any atom is 0.269 e. The summed E-state index contributed by atoms with van der Waals surface area (Å²) in [6.45, 7) is 0. The second-order valence-corrected chi connectivity index (χ2v) is 7.53. The molecular formula is C26H15N3O2. The molecule has 31 heavy (non-hydrogen) atoms. The number of nitrogens with zero attached hydrogens (tertiary/aromatic N) is 3. The number of rotatable bonds is 3. The van der Waals surface area contributed by atoms with Gasteiger partial charge in [0.2, 0.25) is 0 Å². The minimum Gasteiger partial charge on any atom is -0.258 e. The minimum absolute atomic E-state index is 0.0639. The van der Waals surface area contributed by atoms with E-state index in [9.17, 15) is 10.1 Å². The lowest BCUT2D eigenvalue weighted by atomic mass is 9.92. The maximum absolute atomic E-state index is 11.2. The van der Waals surface area contributed by atoms with Gasteiger partial charge in [-0.25, -0.2) is 0 Å². The normalized spacial score (nSPS) is 11.5. The van der Waals surface area contributed by atoms with Crippen molar-refractivity contribution in [1.29, 1.82) is 0 Å². The summed E-state index contributed by atoms with van der Waals surface area (Å²) in [5.74, 6) is 0. The summed E-state index contributed by atoms with van der Waals surface area (Å²) in [6, 6.07) is 29.1. The second-order valence-electron chi connectivity index (χ2n) is 7.53. The highest BCUT2D eigenvalue weighted by atomic mass is 16.6. The third kappa shape index (κ3) is 2.57. The zero-order valence-corrected chi connectivity index (χ0v) is 16.3. The van der Waals surface area contributed by atoms with E-state index >= 15 is 0 Å². The van der Waals surface area contributed by atoms with E-state index in [2.05, 4.69) is 40.5 Å². The molecule has 4 aromatic carbocycles. The lowest BCUT2D eigenvalue weighted by molar-refractivity contribution is -0.384. The number of benzene rings is 4. The molecule has 0 radical (unpaired) electrons. The minimum atomic E-state index is -0.381. The van der Waals surface area contributed by atoms with Gasteiger partial charge in [0.1, 0.15) is 11.4 Å². The third-order valence-electron chi connectivity index (χ3n) is 5.82. The smallest absolute Gasteiger partial charge is 0.258 e. The van der Waals surface area contributed by atoms with Crippen molar-refractivity contribution >= 4 is 16.5 Å². The molecule has 5 nitrogen and oxygen atoms in total. The van der Waals surface area contributed by atoms with E-state index in [1.807, 2.05) is 36.4 Å². The molecule has 5 aromatic rings. The molecule has 6 rings (SSSR count). The van der Waals surface area contributed by atoms with Gasteiger partial charge in [-0.1, -0.05) is 66.7 Å². The Labute approximate surface area is 177 Å². The van der Waals surface area contributed by atoms with E-state index < -0.39 is 0 Å². The summed E-state index contributed by atoms with van der Waals surface area (Å²) in [6.07, 6.45) is 0. The fraction of sp³-hybridized carbons (Fsp3) is 0. The number of non-ortho nitro benzene ring substituents is 1. The number of nitro benzene ring substituents is 1. The van der Waals surface area contributed by atoms with Gasteiger partial charge >= 0.3 is 0 Å². The molecule has 0 spiro atoms. The molecule has 0 saturated heterocycles. The number of aromatic nitrogens is 2. The molecule has 0 saturated carbocycles. The molecular weight excluding hydrogens is 386 g/mol. The van der Waals surface area contributed by atoms with Gasteiger partial charge in [-0.2, -0.15) is 0 Å². The molecule has 146 valence electrons. The lowest BCUT2D eigenvalue weighted by Crippen LogP contribution is -1.98. The first-order valence-corrected chi connectivity index (χ1v) is 9.96. The fourth-order valence-electron chi connectivity index (χ4n) is 4.46. The molecule has 0 fully saturated rings. The molecule has 0 amide bonds. The van der Waals surface area contributed by atoms with Crippen LogP contribution in [0.1, 0.15) is 0 Å². The van der Waals surface area contributed by atoms with E-state index in [1.54, 1.807) is 24.3 Å². The number of fused-ring (bicyclic) bond motifs is 3. The standard InChI is InChI=1S/C26H15N3O2/c30-29(31)19-14-12-17(13-15-19)23-24-20-10-4-8-16-9-5-11-21(22(16)20)26(24)28-27-25(23)18-6-2-1-3-7-18/h1-15H. The molecule has 0 atom stereocenters. The Morgan fingerprint density at radius 1 is 0.613 bits per heavy atom. The maximum atomic E-state index is 11.2. The first-order valence-electron chi connectivity index (χ1n) is 9.96. The van der Waals surface area contributed by atoms with Crippen molar-refractivity contribution in [2.45, 2.75) is 0 Å². The van der Waals surface area contributed by atoms with Crippen molar-refractivity contribution in [3.63, 3.8) is 0 Å². The molecule has 1 aliphatic carbocycles. The van der Waals surface area contributed by atoms with E-state index in [4.69, 9.17) is 0 Å². The van der Waals surface area contributed by atoms with Crippen LogP contribution in [0.15, 0.2) is 91.0 Å².